The molecule has 1 fully saturated rings. The van der Waals surface area contributed by atoms with Crippen molar-refractivity contribution >= 4 is 22.8 Å². The quantitative estimate of drug-likeness (QED) is 0.897. The third kappa shape index (κ3) is 3.12. The van der Waals surface area contributed by atoms with Crippen LogP contribution in [0.2, 0.25) is 0 Å². The standard InChI is InChI=1S/C17H18FNO5/c1-10-12-8-11(18)2-3-13(12)24-15(10)16(22)19-17(9-14(20)21)4-6-23-7-5-17/h2-3,8H,4-7,9H2,1H3,(H,19,22)(H,20,21). The van der Waals surface area contributed by atoms with E-state index in [1.807, 2.05) is 0 Å². The molecule has 0 aliphatic carbocycles. The molecule has 7 heteroatoms. The number of nitrogens with one attached hydrogen (secondary N) is 1. The van der Waals surface area contributed by atoms with Crippen LogP contribution in [-0.4, -0.2) is 35.7 Å². The van der Waals surface area contributed by atoms with Crippen molar-refractivity contribution < 1.29 is 28.2 Å². The molecule has 1 aromatic heterocycles. The highest BCUT2D eigenvalue weighted by Crippen LogP contribution is 2.29. The Balaban J connectivity index is 1.90. The van der Waals surface area contributed by atoms with Gasteiger partial charge in [-0.3, -0.25) is 9.59 Å². The number of amides is 1. The molecule has 2 aromatic rings. The summed E-state index contributed by atoms with van der Waals surface area (Å²) in [6.07, 6.45) is 0.647. The first-order valence-electron chi connectivity index (χ1n) is 7.71. The van der Waals surface area contributed by atoms with E-state index in [2.05, 4.69) is 5.32 Å². The van der Waals surface area contributed by atoms with E-state index in [4.69, 9.17) is 14.3 Å². The van der Waals surface area contributed by atoms with Crippen molar-refractivity contribution in [3.05, 3.63) is 35.3 Å². The average Bonchev–Trinajstić information content (AvgIpc) is 2.84. The summed E-state index contributed by atoms with van der Waals surface area (Å²) < 4.78 is 24.2. The van der Waals surface area contributed by atoms with Gasteiger partial charge in [0.25, 0.3) is 5.91 Å². The first-order chi connectivity index (χ1) is 11.4. The molecular weight excluding hydrogens is 317 g/mol. The lowest BCUT2D eigenvalue weighted by Gasteiger charge is -2.36. The van der Waals surface area contributed by atoms with Crippen LogP contribution in [0.4, 0.5) is 4.39 Å². The van der Waals surface area contributed by atoms with E-state index in [-0.39, 0.29) is 12.2 Å². The molecule has 0 saturated carbocycles. The highest BCUT2D eigenvalue weighted by Gasteiger charge is 2.37. The molecule has 0 radical (unpaired) electrons. The number of carboxylic acids is 1. The molecule has 1 aromatic carbocycles. The van der Waals surface area contributed by atoms with Crippen molar-refractivity contribution in [2.45, 2.75) is 31.7 Å². The summed E-state index contributed by atoms with van der Waals surface area (Å²) in [5.41, 5.74) is 0.0792. The van der Waals surface area contributed by atoms with Crippen LogP contribution in [0.3, 0.4) is 0 Å². The molecular formula is C17H18FNO5. The van der Waals surface area contributed by atoms with E-state index in [0.29, 0.717) is 42.6 Å². The summed E-state index contributed by atoms with van der Waals surface area (Å²) in [5, 5.41) is 12.5. The molecule has 0 spiro atoms. The van der Waals surface area contributed by atoms with E-state index in [1.165, 1.54) is 18.2 Å². The highest BCUT2D eigenvalue weighted by molar-refractivity contribution is 5.99. The number of carboxylic acid groups (broad SMARTS) is 1. The Morgan fingerprint density at radius 3 is 2.71 bits per heavy atom. The Morgan fingerprint density at radius 1 is 1.33 bits per heavy atom. The van der Waals surface area contributed by atoms with Gasteiger partial charge in [-0.2, -0.15) is 0 Å². The second-order valence-corrected chi connectivity index (χ2v) is 6.11. The number of hydrogen-bond acceptors (Lipinski definition) is 4. The molecule has 6 nitrogen and oxygen atoms in total. The van der Waals surface area contributed by atoms with Crippen LogP contribution in [0, 0.1) is 12.7 Å². The molecule has 0 unspecified atom stereocenters. The monoisotopic (exact) mass is 335 g/mol. The number of rotatable bonds is 4. The fourth-order valence-electron chi connectivity index (χ4n) is 3.10. The van der Waals surface area contributed by atoms with E-state index in [9.17, 15) is 14.0 Å². The molecule has 1 aliphatic heterocycles. The van der Waals surface area contributed by atoms with Gasteiger partial charge in [0, 0.05) is 24.2 Å². The molecule has 1 saturated heterocycles. The summed E-state index contributed by atoms with van der Waals surface area (Å²) >= 11 is 0. The number of ether oxygens (including phenoxy) is 1. The maximum atomic E-state index is 13.4. The van der Waals surface area contributed by atoms with Gasteiger partial charge in [0.15, 0.2) is 5.76 Å². The first kappa shape index (κ1) is 16.4. The minimum absolute atomic E-state index is 0.0758. The predicted octanol–water partition coefficient (Wildman–Crippen LogP) is 2.63. The Hall–Kier alpha value is -2.41. The number of fused-ring (bicyclic) bond motifs is 1. The third-order valence-electron chi connectivity index (χ3n) is 4.42. The van der Waals surface area contributed by atoms with Crippen LogP contribution in [0.25, 0.3) is 11.0 Å². The number of carbonyl (C=O) groups is 2. The molecule has 2 heterocycles. The van der Waals surface area contributed by atoms with Crippen LogP contribution in [0.15, 0.2) is 22.6 Å². The van der Waals surface area contributed by atoms with E-state index < -0.39 is 23.2 Å². The van der Waals surface area contributed by atoms with E-state index in [1.54, 1.807) is 6.92 Å². The fourth-order valence-corrected chi connectivity index (χ4v) is 3.10. The number of benzene rings is 1. The number of hydrogen-bond donors (Lipinski definition) is 2. The SMILES string of the molecule is Cc1c(C(=O)NC2(CC(=O)O)CCOCC2)oc2ccc(F)cc12. The average molecular weight is 335 g/mol. The summed E-state index contributed by atoms with van der Waals surface area (Å²) in [6.45, 7) is 2.45. The molecule has 0 bridgehead atoms. The summed E-state index contributed by atoms with van der Waals surface area (Å²) in [5.74, 6) is -1.81. The number of halogens is 1. The van der Waals surface area contributed by atoms with Crippen LogP contribution in [0.5, 0.6) is 0 Å². The Morgan fingerprint density at radius 2 is 2.04 bits per heavy atom. The van der Waals surface area contributed by atoms with Crippen molar-refractivity contribution in [2.24, 2.45) is 0 Å². The highest BCUT2D eigenvalue weighted by atomic mass is 19.1. The van der Waals surface area contributed by atoms with Crippen LogP contribution >= 0.6 is 0 Å². The minimum atomic E-state index is -0.986. The second kappa shape index (κ2) is 6.24. The van der Waals surface area contributed by atoms with Gasteiger partial charge in [-0.15, -0.1) is 0 Å². The minimum Gasteiger partial charge on any atom is -0.481 e. The smallest absolute Gasteiger partial charge is 0.305 e. The molecule has 1 aliphatic rings. The maximum Gasteiger partial charge on any atom is 0.305 e. The lowest BCUT2D eigenvalue weighted by molar-refractivity contribution is -0.139. The molecule has 1 amide bonds. The Labute approximate surface area is 137 Å². The Kier molecular flexibility index (Phi) is 4.28. The zero-order chi connectivity index (χ0) is 17.3. The molecule has 3 rings (SSSR count). The van der Waals surface area contributed by atoms with Gasteiger partial charge >= 0.3 is 5.97 Å². The largest absolute Gasteiger partial charge is 0.481 e. The number of aliphatic carboxylic acids is 1. The Bertz CT molecular complexity index is 792. The van der Waals surface area contributed by atoms with Crippen molar-refractivity contribution in [3.63, 3.8) is 0 Å². The topological polar surface area (TPSA) is 88.8 Å². The number of aryl methyl sites for hydroxylation is 1. The van der Waals surface area contributed by atoms with Gasteiger partial charge in [0.2, 0.25) is 0 Å². The van der Waals surface area contributed by atoms with Crippen LogP contribution in [0.1, 0.15) is 35.4 Å². The maximum absolute atomic E-state index is 13.4. The van der Waals surface area contributed by atoms with Crippen LogP contribution in [-0.2, 0) is 9.53 Å². The molecule has 24 heavy (non-hydrogen) atoms. The van der Waals surface area contributed by atoms with Crippen molar-refractivity contribution in [1.29, 1.82) is 0 Å². The van der Waals surface area contributed by atoms with Crippen molar-refractivity contribution in [2.75, 3.05) is 13.2 Å². The van der Waals surface area contributed by atoms with Gasteiger partial charge in [-0.1, -0.05) is 0 Å². The van der Waals surface area contributed by atoms with E-state index >= 15 is 0 Å². The molecule has 0 atom stereocenters. The van der Waals surface area contributed by atoms with Gasteiger partial charge in [0.05, 0.1) is 12.0 Å². The van der Waals surface area contributed by atoms with Gasteiger partial charge in [0.1, 0.15) is 11.4 Å². The summed E-state index contributed by atoms with van der Waals surface area (Å²) in [6, 6.07) is 4.04. The predicted molar refractivity (Wildman–Crippen MR) is 83.4 cm³/mol. The lowest BCUT2D eigenvalue weighted by Crippen LogP contribution is -2.53. The van der Waals surface area contributed by atoms with Gasteiger partial charge < -0.3 is 19.6 Å². The van der Waals surface area contributed by atoms with Crippen molar-refractivity contribution in [3.8, 4) is 0 Å². The van der Waals surface area contributed by atoms with Gasteiger partial charge in [-0.25, -0.2) is 4.39 Å². The normalized spacial score (nSPS) is 16.9. The second-order valence-electron chi connectivity index (χ2n) is 6.11. The zero-order valence-electron chi connectivity index (χ0n) is 13.2. The molecule has 2 N–H and O–H groups in total. The fraction of sp³-hybridized carbons (Fsp3) is 0.412. The van der Waals surface area contributed by atoms with Crippen LogP contribution < -0.4 is 5.32 Å². The third-order valence-corrected chi connectivity index (χ3v) is 4.42. The lowest BCUT2D eigenvalue weighted by atomic mass is 9.86. The van der Waals surface area contributed by atoms with E-state index in [0.717, 1.165) is 0 Å². The van der Waals surface area contributed by atoms with Gasteiger partial charge in [-0.05, 0) is 38.0 Å². The van der Waals surface area contributed by atoms with Crippen molar-refractivity contribution in [1.82, 2.24) is 5.32 Å². The summed E-state index contributed by atoms with van der Waals surface area (Å²) in [4.78, 5) is 23.8. The number of carbonyl (C=O) groups excluding carboxylic acids is 1. The zero-order valence-corrected chi connectivity index (χ0v) is 13.2. The number of furan rings is 1. The summed E-state index contributed by atoms with van der Waals surface area (Å²) in [7, 11) is 0. The first-order valence-corrected chi connectivity index (χ1v) is 7.71. The molecule has 128 valence electrons.